The molecule has 0 saturated carbocycles. The highest BCUT2D eigenvalue weighted by molar-refractivity contribution is 6.74. The lowest BCUT2D eigenvalue weighted by molar-refractivity contribution is 0.277. The van der Waals surface area contributed by atoms with Crippen LogP contribution in [0.3, 0.4) is 0 Å². The Kier molecular flexibility index (Phi) is 12.3. The molecule has 0 unspecified atom stereocenters. The molecule has 0 bridgehead atoms. The predicted molar refractivity (Wildman–Crippen MR) is 104 cm³/mol. The Hall–Kier alpha value is -0.0831. The first-order chi connectivity index (χ1) is 10.3. The molecule has 0 N–H and O–H groups in total. The molecular weight excluding hydrogens is 284 g/mol. The van der Waals surface area contributed by atoms with Crippen molar-refractivity contribution in [2.45, 2.75) is 110 Å². The summed E-state index contributed by atoms with van der Waals surface area (Å²) in [6.45, 7) is 14.8. The molecule has 0 atom stereocenters. The summed E-state index contributed by atoms with van der Waals surface area (Å²) in [6, 6.07) is 0. The maximum absolute atomic E-state index is 6.22. The molecular formula is C20H42OSi. The monoisotopic (exact) mass is 326 g/mol. The summed E-state index contributed by atoms with van der Waals surface area (Å²) in [4.78, 5) is 0. The molecule has 0 aromatic rings. The summed E-state index contributed by atoms with van der Waals surface area (Å²) in [5.74, 6) is 0. The lowest BCUT2D eigenvalue weighted by Crippen LogP contribution is -2.40. The van der Waals surface area contributed by atoms with E-state index in [1.807, 2.05) is 0 Å². The molecule has 0 rings (SSSR count). The summed E-state index contributed by atoms with van der Waals surface area (Å²) in [6.07, 6.45) is 18.1. The number of hydrogen-bond donors (Lipinski definition) is 0. The average molecular weight is 327 g/mol. The lowest BCUT2D eigenvalue weighted by atomic mass is 10.1. The fourth-order valence-electron chi connectivity index (χ4n) is 2.25. The minimum Gasteiger partial charge on any atom is -0.417 e. The Morgan fingerprint density at radius 2 is 1.27 bits per heavy atom. The smallest absolute Gasteiger partial charge is 0.191 e. The number of rotatable bonds is 13. The molecule has 0 aliphatic rings. The van der Waals surface area contributed by atoms with Crippen LogP contribution in [0.2, 0.25) is 18.1 Å². The first-order valence-corrected chi connectivity index (χ1v) is 12.5. The van der Waals surface area contributed by atoms with Crippen LogP contribution in [0.15, 0.2) is 12.2 Å². The van der Waals surface area contributed by atoms with Crippen molar-refractivity contribution in [3.63, 3.8) is 0 Å². The highest BCUT2D eigenvalue weighted by Crippen LogP contribution is 2.36. The molecule has 2 heteroatoms. The Labute approximate surface area is 142 Å². The van der Waals surface area contributed by atoms with Crippen LogP contribution in [0.4, 0.5) is 0 Å². The molecule has 0 aliphatic carbocycles. The molecule has 0 saturated heterocycles. The van der Waals surface area contributed by atoms with Crippen molar-refractivity contribution in [2.75, 3.05) is 6.61 Å². The molecule has 1 nitrogen and oxygen atoms in total. The summed E-state index contributed by atoms with van der Waals surface area (Å²) in [5, 5.41) is 0.347. The van der Waals surface area contributed by atoms with Crippen molar-refractivity contribution in [3.8, 4) is 0 Å². The van der Waals surface area contributed by atoms with Gasteiger partial charge in [-0.25, -0.2) is 0 Å². The predicted octanol–water partition coefficient (Wildman–Crippen LogP) is 7.49. The van der Waals surface area contributed by atoms with E-state index in [1.165, 1.54) is 64.2 Å². The second kappa shape index (κ2) is 12.4. The third kappa shape index (κ3) is 11.5. The third-order valence-corrected chi connectivity index (χ3v) is 9.47. The topological polar surface area (TPSA) is 9.23 Å². The van der Waals surface area contributed by atoms with Gasteiger partial charge in [-0.2, -0.15) is 0 Å². The number of allylic oxidation sites excluding steroid dienone is 2. The van der Waals surface area contributed by atoms with Gasteiger partial charge in [0, 0.05) is 6.61 Å². The van der Waals surface area contributed by atoms with Gasteiger partial charge in [0.2, 0.25) is 0 Å². The standard InChI is InChI=1S/C20H42OSi/c1-7-8-9-10-11-12-13-14-15-16-17-18-19-21-22(5,6)20(2,3)4/h8-9H,7,10-19H2,1-6H3/b9-8+. The van der Waals surface area contributed by atoms with E-state index in [9.17, 15) is 0 Å². The summed E-state index contributed by atoms with van der Waals surface area (Å²) < 4.78 is 6.22. The van der Waals surface area contributed by atoms with Crippen molar-refractivity contribution in [1.82, 2.24) is 0 Å². The van der Waals surface area contributed by atoms with E-state index in [0.29, 0.717) is 5.04 Å². The molecule has 0 fully saturated rings. The molecule has 0 heterocycles. The van der Waals surface area contributed by atoms with E-state index in [4.69, 9.17) is 4.43 Å². The van der Waals surface area contributed by atoms with Gasteiger partial charge in [-0.3, -0.25) is 0 Å². The van der Waals surface area contributed by atoms with E-state index >= 15 is 0 Å². The zero-order valence-corrected chi connectivity index (χ0v) is 17.3. The maximum Gasteiger partial charge on any atom is 0.191 e. The van der Waals surface area contributed by atoms with Crippen molar-refractivity contribution in [3.05, 3.63) is 12.2 Å². The van der Waals surface area contributed by atoms with Crippen LogP contribution in [0.5, 0.6) is 0 Å². The van der Waals surface area contributed by atoms with Crippen LogP contribution in [0.25, 0.3) is 0 Å². The SMILES string of the molecule is CC/C=C/CCCCCCCCCCO[Si](C)(C)C(C)(C)C. The quantitative estimate of drug-likeness (QED) is 0.193. The average Bonchev–Trinajstić information content (AvgIpc) is 2.42. The van der Waals surface area contributed by atoms with Gasteiger partial charge in [0.1, 0.15) is 0 Å². The zero-order chi connectivity index (χ0) is 16.9. The van der Waals surface area contributed by atoms with Gasteiger partial charge in [0.15, 0.2) is 8.32 Å². The van der Waals surface area contributed by atoms with Crippen molar-refractivity contribution in [2.24, 2.45) is 0 Å². The van der Waals surface area contributed by atoms with Crippen molar-refractivity contribution in [1.29, 1.82) is 0 Å². The largest absolute Gasteiger partial charge is 0.417 e. The van der Waals surface area contributed by atoms with Crippen LogP contribution < -0.4 is 0 Å². The lowest BCUT2D eigenvalue weighted by Gasteiger charge is -2.36. The Bertz CT molecular complexity index is 276. The molecule has 0 amide bonds. The van der Waals surface area contributed by atoms with Gasteiger partial charge in [0.25, 0.3) is 0 Å². The second-order valence-corrected chi connectivity index (χ2v) is 12.9. The van der Waals surface area contributed by atoms with E-state index in [1.54, 1.807) is 0 Å². The van der Waals surface area contributed by atoms with E-state index in [-0.39, 0.29) is 0 Å². The second-order valence-electron chi connectivity index (χ2n) is 8.11. The highest BCUT2D eigenvalue weighted by Gasteiger charge is 2.36. The van der Waals surface area contributed by atoms with Gasteiger partial charge in [0.05, 0.1) is 0 Å². The number of hydrogen-bond acceptors (Lipinski definition) is 1. The normalized spacial score (nSPS) is 13.2. The van der Waals surface area contributed by atoms with Gasteiger partial charge < -0.3 is 4.43 Å². The van der Waals surface area contributed by atoms with Gasteiger partial charge in [-0.1, -0.05) is 78.4 Å². The fourth-order valence-corrected chi connectivity index (χ4v) is 3.34. The first kappa shape index (κ1) is 21.9. The van der Waals surface area contributed by atoms with E-state index in [2.05, 4.69) is 52.9 Å². The molecule has 22 heavy (non-hydrogen) atoms. The molecule has 0 radical (unpaired) electrons. The Morgan fingerprint density at radius 3 is 1.77 bits per heavy atom. The van der Waals surface area contributed by atoms with Gasteiger partial charge >= 0.3 is 0 Å². The Morgan fingerprint density at radius 1 is 0.773 bits per heavy atom. The van der Waals surface area contributed by atoms with Crippen molar-refractivity contribution < 1.29 is 4.43 Å². The first-order valence-electron chi connectivity index (χ1n) is 9.60. The van der Waals surface area contributed by atoms with Crippen LogP contribution >= 0.6 is 0 Å². The summed E-state index contributed by atoms with van der Waals surface area (Å²) in [5.41, 5.74) is 0. The van der Waals surface area contributed by atoms with E-state index in [0.717, 1.165) is 6.61 Å². The molecule has 0 aromatic carbocycles. The summed E-state index contributed by atoms with van der Waals surface area (Å²) >= 11 is 0. The Balaban J connectivity index is 3.33. The minimum absolute atomic E-state index is 0.347. The molecule has 0 spiro atoms. The highest BCUT2D eigenvalue weighted by atomic mass is 28.4. The fraction of sp³-hybridized carbons (Fsp3) is 0.900. The molecule has 0 aromatic heterocycles. The minimum atomic E-state index is -1.51. The van der Waals surface area contributed by atoms with Crippen molar-refractivity contribution >= 4 is 8.32 Å². The van der Waals surface area contributed by atoms with Crippen LogP contribution in [0, 0.1) is 0 Å². The van der Waals surface area contributed by atoms with E-state index < -0.39 is 8.32 Å². The van der Waals surface area contributed by atoms with Gasteiger partial charge in [-0.15, -0.1) is 0 Å². The van der Waals surface area contributed by atoms with Crippen LogP contribution in [-0.4, -0.2) is 14.9 Å². The van der Waals surface area contributed by atoms with Gasteiger partial charge in [-0.05, 0) is 43.8 Å². The molecule has 132 valence electrons. The maximum atomic E-state index is 6.22. The van der Waals surface area contributed by atoms with Crippen LogP contribution in [0.1, 0.15) is 91.9 Å². The van der Waals surface area contributed by atoms with Crippen LogP contribution in [-0.2, 0) is 4.43 Å². The zero-order valence-electron chi connectivity index (χ0n) is 16.3. The summed E-state index contributed by atoms with van der Waals surface area (Å²) in [7, 11) is -1.51. The number of unbranched alkanes of at least 4 members (excludes halogenated alkanes) is 8. The third-order valence-electron chi connectivity index (χ3n) is 4.94. The molecule has 0 aliphatic heterocycles.